The van der Waals surface area contributed by atoms with Gasteiger partial charge in [0, 0.05) is 58.6 Å². The number of carbonyl (C=O) groups excluding carboxylic acids is 1. The van der Waals surface area contributed by atoms with Gasteiger partial charge >= 0.3 is 0 Å². The van der Waals surface area contributed by atoms with E-state index < -0.39 is 6.10 Å². The van der Waals surface area contributed by atoms with Crippen LogP contribution in [-0.2, 0) is 11.3 Å². The van der Waals surface area contributed by atoms with Gasteiger partial charge in [-0.2, -0.15) is 0 Å². The van der Waals surface area contributed by atoms with Crippen molar-refractivity contribution in [2.75, 3.05) is 46.9 Å². The first-order chi connectivity index (χ1) is 16.6. The van der Waals surface area contributed by atoms with Crippen LogP contribution in [-0.4, -0.2) is 93.6 Å². The Morgan fingerprint density at radius 1 is 1.34 bits per heavy atom. The van der Waals surface area contributed by atoms with Gasteiger partial charge in [0.1, 0.15) is 0 Å². The van der Waals surface area contributed by atoms with Crippen LogP contribution in [0.2, 0.25) is 0 Å². The van der Waals surface area contributed by atoms with Crippen LogP contribution in [0.5, 0.6) is 0 Å². The lowest BCUT2D eigenvalue weighted by atomic mass is 10.2. The number of unbranched alkanes of at least 4 members (excludes halogenated alkanes) is 1. The second kappa shape index (κ2) is 14.0. The normalized spacial score (nSPS) is 15.7. The van der Waals surface area contributed by atoms with E-state index in [-0.39, 0.29) is 16.5 Å². The molecule has 1 aliphatic rings. The Balaban J connectivity index is 1.95. The zero-order valence-electron chi connectivity index (χ0n) is 21.9. The molecule has 1 aromatic heterocycles. The van der Waals surface area contributed by atoms with Gasteiger partial charge in [0.2, 0.25) is 5.91 Å². The fourth-order valence-electron chi connectivity index (χ4n) is 4.29. The Morgan fingerprint density at radius 2 is 2.09 bits per heavy atom. The van der Waals surface area contributed by atoms with Crippen molar-refractivity contribution in [3.05, 3.63) is 51.2 Å². The maximum atomic E-state index is 12.1. The van der Waals surface area contributed by atoms with Gasteiger partial charge < -0.3 is 19.8 Å². The van der Waals surface area contributed by atoms with Crippen molar-refractivity contribution in [3.8, 4) is 0 Å². The first-order valence-corrected chi connectivity index (χ1v) is 12.5. The van der Waals surface area contributed by atoms with Crippen molar-refractivity contribution in [2.45, 2.75) is 65.5 Å². The molecule has 0 aromatic carbocycles. The summed E-state index contributed by atoms with van der Waals surface area (Å²) in [4.78, 5) is 36.3. The summed E-state index contributed by atoms with van der Waals surface area (Å²) in [5.41, 5.74) is 2.22. The first kappa shape index (κ1) is 28.5. The Hall–Kier alpha value is -2.72. The maximum Gasteiger partial charge on any atom is 0.287 e. The standard InChI is InChI=1S/C25H42N6O4/c1-6-30(18-22-11-9-20(2)26-17-22)25-23(31(34)35)13-16-29(19-28(25)5)15-8-7-14-27(4)24(33)12-10-21(3)32/h9,11,17,21,32H,6-8,10,12-16,18-19H2,1-5H3. The topological polar surface area (TPSA) is 106 Å². The molecule has 2 heterocycles. The number of carbonyl (C=O) groups is 1. The summed E-state index contributed by atoms with van der Waals surface area (Å²) in [6.45, 7) is 9.58. The average molecular weight is 491 g/mol. The molecule has 1 aromatic rings. The molecule has 0 radical (unpaired) electrons. The van der Waals surface area contributed by atoms with Crippen LogP contribution in [0.3, 0.4) is 0 Å². The highest BCUT2D eigenvalue weighted by Gasteiger charge is 2.31. The number of nitrogens with zero attached hydrogens (tertiary/aromatic N) is 6. The van der Waals surface area contributed by atoms with Crippen molar-refractivity contribution in [1.29, 1.82) is 0 Å². The number of aromatic nitrogens is 1. The minimum Gasteiger partial charge on any atom is -0.393 e. The van der Waals surface area contributed by atoms with E-state index in [1.54, 1.807) is 18.9 Å². The average Bonchev–Trinajstić information content (AvgIpc) is 2.98. The van der Waals surface area contributed by atoms with E-state index in [1.807, 2.05) is 44.1 Å². The third-order valence-corrected chi connectivity index (χ3v) is 6.36. The molecule has 10 nitrogen and oxygen atoms in total. The molecule has 0 fully saturated rings. The number of hydrogen-bond donors (Lipinski definition) is 1. The third-order valence-electron chi connectivity index (χ3n) is 6.36. The number of amides is 1. The van der Waals surface area contributed by atoms with E-state index in [0.29, 0.717) is 57.9 Å². The van der Waals surface area contributed by atoms with Gasteiger partial charge in [-0.1, -0.05) is 6.07 Å². The molecular weight excluding hydrogens is 448 g/mol. The maximum absolute atomic E-state index is 12.1. The largest absolute Gasteiger partial charge is 0.393 e. The molecule has 1 atom stereocenters. The van der Waals surface area contributed by atoms with Crippen LogP contribution in [0, 0.1) is 17.0 Å². The third kappa shape index (κ3) is 9.10. The number of pyridine rings is 1. The molecule has 0 spiro atoms. The minimum atomic E-state index is -0.466. The summed E-state index contributed by atoms with van der Waals surface area (Å²) >= 11 is 0. The summed E-state index contributed by atoms with van der Waals surface area (Å²) in [6, 6.07) is 3.98. The minimum absolute atomic E-state index is 0.0494. The van der Waals surface area contributed by atoms with Crippen LogP contribution < -0.4 is 0 Å². The molecule has 0 saturated heterocycles. The van der Waals surface area contributed by atoms with Crippen molar-refractivity contribution in [3.63, 3.8) is 0 Å². The summed E-state index contributed by atoms with van der Waals surface area (Å²) in [5, 5.41) is 21.4. The van der Waals surface area contributed by atoms with Crippen LogP contribution in [0.15, 0.2) is 29.8 Å². The molecule has 1 amide bonds. The fourth-order valence-corrected chi connectivity index (χ4v) is 4.29. The summed E-state index contributed by atoms with van der Waals surface area (Å²) in [6.07, 6.45) is 4.35. The van der Waals surface area contributed by atoms with Gasteiger partial charge in [0.25, 0.3) is 5.70 Å². The van der Waals surface area contributed by atoms with Crippen molar-refractivity contribution < 1.29 is 14.8 Å². The van der Waals surface area contributed by atoms with E-state index in [9.17, 15) is 20.0 Å². The number of rotatable bonds is 13. The molecule has 196 valence electrons. The smallest absolute Gasteiger partial charge is 0.287 e. The Bertz CT molecular complexity index is 858. The number of hydrogen-bond acceptors (Lipinski definition) is 8. The molecule has 35 heavy (non-hydrogen) atoms. The first-order valence-electron chi connectivity index (χ1n) is 12.5. The fraction of sp³-hybridized carbons (Fsp3) is 0.680. The van der Waals surface area contributed by atoms with Crippen molar-refractivity contribution >= 4 is 5.91 Å². The number of aliphatic hydroxyl groups is 1. The zero-order chi connectivity index (χ0) is 26.0. The highest BCUT2D eigenvalue weighted by atomic mass is 16.6. The van der Waals surface area contributed by atoms with Crippen LogP contribution in [0.1, 0.15) is 57.2 Å². The van der Waals surface area contributed by atoms with E-state index in [0.717, 1.165) is 30.6 Å². The molecule has 0 saturated carbocycles. The predicted molar refractivity (Wildman–Crippen MR) is 136 cm³/mol. The number of aryl methyl sites for hydroxylation is 1. The lowest BCUT2D eigenvalue weighted by Gasteiger charge is -2.33. The molecule has 10 heteroatoms. The van der Waals surface area contributed by atoms with E-state index >= 15 is 0 Å². The van der Waals surface area contributed by atoms with Gasteiger partial charge in [-0.15, -0.1) is 0 Å². The molecule has 0 aliphatic carbocycles. The predicted octanol–water partition coefficient (Wildman–Crippen LogP) is 2.65. The zero-order valence-corrected chi connectivity index (χ0v) is 21.9. The lowest BCUT2D eigenvalue weighted by Crippen LogP contribution is -2.40. The van der Waals surface area contributed by atoms with E-state index in [1.165, 1.54) is 0 Å². The van der Waals surface area contributed by atoms with E-state index in [2.05, 4.69) is 14.8 Å². The van der Waals surface area contributed by atoms with Gasteiger partial charge in [-0.05, 0) is 58.2 Å². The summed E-state index contributed by atoms with van der Waals surface area (Å²) < 4.78 is 0. The lowest BCUT2D eigenvalue weighted by molar-refractivity contribution is -0.431. The summed E-state index contributed by atoms with van der Waals surface area (Å²) in [7, 11) is 3.72. The second-order valence-corrected chi connectivity index (χ2v) is 9.47. The quantitative estimate of drug-likeness (QED) is 0.256. The molecule has 1 N–H and O–H groups in total. The number of nitro groups is 1. The second-order valence-electron chi connectivity index (χ2n) is 9.47. The highest BCUT2D eigenvalue weighted by molar-refractivity contribution is 5.75. The molecule has 2 rings (SSSR count). The Kier molecular flexibility index (Phi) is 11.4. The highest BCUT2D eigenvalue weighted by Crippen LogP contribution is 2.24. The monoisotopic (exact) mass is 490 g/mol. The molecule has 1 aliphatic heterocycles. The SMILES string of the molecule is CCN(Cc1ccc(C)nc1)C1=C([N+](=O)[O-])CCN(CCCCN(C)C(=O)CCC(C)O)CN1C. The summed E-state index contributed by atoms with van der Waals surface area (Å²) in [5.74, 6) is 0.720. The molecule has 1 unspecified atom stereocenters. The van der Waals surface area contributed by atoms with Gasteiger partial charge in [-0.3, -0.25) is 24.8 Å². The van der Waals surface area contributed by atoms with Crippen LogP contribution in [0.4, 0.5) is 0 Å². The Morgan fingerprint density at radius 3 is 2.69 bits per heavy atom. The molecule has 0 bridgehead atoms. The molecular formula is C25H42N6O4. The van der Waals surface area contributed by atoms with Crippen molar-refractivity contribution in [2.24, 2.45) is 0 Å². The van der Waals surface area contributed by atoms with Crippen LogP contribution in [0.25, 0.3) is 0 Å². The Labute approximate surface area is 209 Å². The van der Waals surface area contributed by atoms with Gasteiger partial charge in [0.05, 0.1) is 24.1 Å². The van der Waals surface area contributed by atoms with Crippen LogP contribution >= 0.6 is 0 Å². The van der Waals surface area contributed by atoms with Gasteiger partial charge in [0.15, 0.2) is 5.82 Å². The van der Waals surface area contributed by atoms with Crippen molar-refractivity contribution in [1.82, 2.24) is 24.6 Å². The van der Waals surface area contributed by atoms with Gasteiger partial charge in [-0.25, -0.2) is 0 Å². The van der Waals surface area contributed by atoms with E-state index in [4.69, 9.17) is 0 Å². The number of aliphatic hydroxyl groups excluding tert-OH is 1.